The molecular weight excluding hydrogens is 410 g/mol. The maximum Gasteiger partial charge on any atom is 0.260 e. The summed E-state index contributed by atoms with van der Waals surface area (Å²) in [4.78, 5) is 18.4. The Bertz CT molecular complexity index is 1240. The van der Waals surface area contributed by atoms with Gasteiger partial charge in [0.05, 0.1) is 20.8 Å². The third kappa shape index (κ3) is 4.64. The molecule has 0 spiro atoms. The zero-order chi connectivity index (χ0) is 22.5. The second-order valence-electron chi connectivity index (χ2n) is 7.13. The molecule has 4 aromatic rings. The maximum absolute atomic E-state index is 12.5. The van der Waals surface area contributed by atoms with Gasteiger partial charge < -0.3 is 23.6 Å². The van der Waals surface area contributed by atoms with Crippen molar-refractivity contribution in [2.24, 2.45) is 0 Å². The standard InChI is InChI=1S/C24H23N3O5/c1-27(23(28)15-31-19-10-8-16-6-4-5-7-17(16)12-19)14-22-25-24(26-32-22)18-9-11-20(29-2)21(13-18)30-3/h4-13H,14-15H2,1-3H3. The van der Waals surface area contributed by atoms with Gasteiger partial charge in [-0.05, 0) is 41.1 Å². The first-order valence-corrected chi connectivity index (χ1v) is 9.98. The minimum atomic E-state index is -0.205. The van der Waals surface area contributed by atoms with Crippen molar-refractivity contribution >= 4 is 16.7 Å². The van der Waals surface area contributed by atoms with Crippen molar-refractivity contribution in [1.29, 1.82) is 0 Å². The van der Waals surface area contributed by atoms with Gasteiger partial charge in [-0.2, -0.15) is 4.98 Å². The Hall–Kier alpha value is -4.07. The Morgan fingerprint density at radius 2 is 1.75 bits per heavy atom. The number of amides is 1. The molecule has 0 saturated heterocycles. The monoisotopic (exact) mass is 433 g/mol. The Labute approximate surface area is 185 Å². The van der Waals surface area contributed by atoms with Crippen LogP contribution in [0.3, 0.4) is 0 Å². The van der Waals surface area contributed by atoms with Crippen molar-refractivity contribution in [3.05, 3.63) is 66.6 Å². The third-order valence-corrected chi connectivity index (χ3v) is 4.99. The number of methoxy groups -OCH3 is 2. The minimum absolute atomic E-state index is 0.0918. The molecule has 0 aliphatic rings. The van der Waals surface area contributed by atoms with Crippen LogP contribution >= 0.6 is 0 Å². The molecule has 0 fully saturated rings. The van der Waals surface area contributed by atoms with Crippen molar-refractivity contribution in [3.63, 3.8) is 0 Å². The number of benzene rings is 3. The van der Waals surface area contributed by atoms with E-state index < -0.39 is 0 Å². The van der Waals surface area contributed by atoms with Crippen molar-refractivity contribution in [2.45, 2.75) is 6.54 Å². The first kappa shape index (κ1) is 21.2. The van der Waals surface area contributed by atoms with Crippen LogP contribution in [0.15, 0.2) is 65.2 Å². The molecule has 0 aliphatic heterocycles. The second kappa shape index (κ2) is 9.38. The maximum atomic E-state index is 12.5. The first-order valence-electron chi connectivity index (χ1n) is 9.98. The molecule has 0 radical (unpaired) electrons. The van der Waals surface area contributed by atoms with Gasteiger partial charge in [0.25, 0.3) is 5.91 Å². The van der Waals surface area contributed by atoms with Crippen LogP contribution in [-0.2, 0) is 11.3 Å². The minimum Gasteiger partial charge on any atom is -0.493 e. The summed E-state index contributed by atoms with van der Waals surface area (Å²) < 4.78 is 21.5. The van der Waals surface area contributed by atoms with E-state index in [-0.39, 0.29) is 19.1 Å². The van der Waals surface area contributed by atoms with Gasteiger partial charge in [0.2, 0.25) is 11.7 Å². The lowest BCUT2D eigenvalue weighted by Gasteiger charge is -2.15. The Morgan fingerprint density at radius 3 is 2.53 bits per heavy atom. The quantitative estimate of drug-likeness (QED) is 0.416. The number of likely N-dealkylation sites (N-methyl/N-ethyl adjacent to an activating group) is 1. The number of hydrogen-bond donors (Lipinski definition) is 0. The molecule has 8 nitrogen and oxygen atoms in total. The molecule has 0 unspecified atom stereocenters. The predicted octanol–water partition coefficient (Wildman–Crippen LogP) is 3.94. The van der Waals surface area contributed by atoms with E-state index in [0.29, 0.717) is 34.5 Å². The molecule has 1 heterocycles. The van der Waals surface area contributed by atoms with Gasteiger partial charge in [0.15, 0.2) is 18.1 Å². The van der Waals surface area contributed by atoms with Gasteiger partial charge in [-0.25, -0.2) is 0 Å². The van der Waals surface area contributed by atoms with Crippen molar-refractivity contribution in [2.75, 3.05) is 27.9 Å². The normalized spacial score (nSPS) is 10.7. The zero-order valence-corrected chi connectivity index (χ0v) is 18.1. The van der Waals surface area contributed by atoms with E-state index in [0.717, 1.165) is 10.8 Å². The third-order valence-electron chi connectivity index (χ3n) is 4.99. The summed E-state index contributed by atoms with van der Waals surface area (Å²) in [6.45, 7) is 0.0751. The second-order valence-corrected chi connectivity index (χ2v) is 7.13. The summed E-state index contributed by atoms with van der Waals surface area (Å²) in [6, 6.07) is 19.0. The molecule has 0 saturated carbocycles. The van der Waals surface area contributed by atoms with Gasteiger partial charge >= 0.3 is 0 Å². The van der Waals surface area contributed by atoms with E-state index in [2.05, 4.69) is 10.1 Å². The van der Waals surface area contributed by atoms with Crippen LogP contribution in [0, 0.1) is 0 Å². The number of fused-ring (bicyclic) bond motifs is 1. The highest BCUT2D eigenvalue weighted by atomic mass is 16.5. The molecular formula is C24H23N3O5. The fourth-order valence-electron chi connectivity index (χ4n) is 3.22. The van der Waals surface area contributed by atoms with Crippen LogP contribution in [0.4, 0.5) is 0 Å². The van der Waals surface area contributed by atoms with E-state index in [1.807, 2.05) is 48.5 Å². The van der Waals surface area contributed by atoms with E-state index in [1.165, 1.54) is 4.90 Å². The van der Waals surface area contributed by atoms with Gasteiger partial charge in [0.1, 0.15) is 5.75 Å². The van der Waals surface area contributed by atoms with Crippen molar-refractivity contribution in [3.8, 4) is 28.6 Å². The summed E-state index contributed by atoms with van der Waals surface area (Å²) in [7, 11) is 4.79. The van der Waals surface area contributed by atoms with Gasteiger partial charge in [-0.15, -0.1) is 0 Å². The average Bonchev–Trinajstić information content (AvgIpc) is 3.30. The number of nitrogens with zero attached hydrogens (tertiary/aromatic N) is 3. The summed E-state index contributed by atoms with van der Waals surface area (Å²) in [5, 5.41) is 6.17. The molecule has 1 aromatic heterocycles. The van der Waals surface area contributed by atoms with Crippen LogP contribution in [0.25, 0.3) is 22.2 Å². The molecule has 0 N–H and O–H groups in total. The highest BCUT2D eigenvalue weighted by Crippen LogP contribution is 2.31. The molecule has 0 bridgehead atoms. The fourth-order valence-corrected chi connectivity index (χ4v) is 3.22. The van der Waals surface area contributed by atoms with Gasteiger partial charge in [-0.3, -0.25) is 4.79 Å². The van der Waals surface area contributed by atoms with Crippen LogP contribution in [0.1, 0.15) is 5.89 Å². The van der Waals surface area contributed by atoms with Crippen LogP contribution in [0.5, 0.6) is 17.2 Å². The highest BCUT2D eigenvalue weighted by Gasteiger charge is 2.16. The molecule has 3 aromatic carbocycles. The Morgan fingerprint density at radius 1 is 0.969 bits per heavy atom. The van der Waals surface area contributed by atoms with E-state index in [9.17, 15) is 4.79 Å². The van der Waals surface area contributed by atoms with Crippen LogP contribution in [-0.4, -0.2) is 48.8 Å². The van der Waals surface area contributed by atoms with Crippen molar-refractivity contribution < 1.29 is 23.5 Å². The van der Waals surface area contributed by atoms with E-state index in [1.54, 1.807) is 33.4 Å². The Kier molecular flexibility index (Phi) is 6.21. The SMILES string of the molecule is COc1ccc(-c2noc(CN(C)C(=O)COc3ccc4ccccc4c3)n2)cc1OC. The molecule has 4 rings (SSSR count). The molecule has 0 aliphatic carbocycles. The number of carbonyl (C=O) groups excluding carboxylic acids is 1. The summed E-state index contributed by atoms with van der Waals surface area (Å²) in [5.74, 6) is 2.32. The topological polar surface area (TPSA) is 86.9 Å². The summed E-state index contributed by atoms with van der Waals surface area (Å²) >= 11 is 0. The molecule has 0 atom stereocenters. The van der Waals surface area contributed by atoms with E-state index >= 15 is 0 Å². The Balaban J connectivity index is 1.37. The lowest BCUT2D eigenvalue weighted by molar-refractivity contribution is -0.132. The van der Waals surface area contributed by atoms with E-state index in [4.69, 9.17) is 18.7 Å². The lowest BCUT2D eigenvalue weighted by Crippen LogP contribution is -2.31. The molecule has 32 heavy (non-hydrogen) atoms. The van der Waals surface area contributed by atoms with Crippen molar-refractivity contribution in [1.82, 2.24) is 15.0 Å². The number of aromatic nitrogens is 2. The molecule has 8 heteroatoms. The van der Waals surface area contributed by atoms with Gasteiger partial charge in [-0.1, -0.05) is 35.5 Å². The van der Waals surface area contributed by atoms with Crippen LogP contribution < -0.4 is 14.2 Å². The number of carbonyl (C=O) groups is 1. The van der Waals surface area contributed by atoms with Crippen LogP contribution in [0.2, 0.25) is 0 Å². The summed E-state index contributed by atoms with van der Waals surface area (Å²) in [5.41, 5.74) is 0.714. The van der Waals surface area contributed by atoms with Gasteiger partial charge in [0, 0.05) is 12.6 Å². The first-order chi connectivity index (χ1) is 15.6. The average molecular weight is 433 g/mol. The largest absolute Gasteiger partial charge is 0.493 e. The zero-order valence-electron chi connectivity index (χ0n) is 18.1. The number of ether oxygens (including phenoxy) is 3. The molecule has 1 amide bonds. The lowest BCUT2D eigenvalue weighted by atomic mass is 10.1. The molecule has 164 valence electrons. The fraction of sp³-hybridized carbons (Fsp3) is 0.208. The summed E-state index contributed by atoms with van der Waals surface area (Å²) in [6.07, 6.45) is 0. The smallest absolute Gasteiger partial charge is 0.260 e. The predicted molar refractivity (Wildman–Crippen MR) is 119 cm³/mol. The number of hydrogen-bond acceptors (Lipinski definition) is 7. The number of rotatable bonds is 8. The highest BCUT2D eigenvalue weighted by molar-refractivity contribution is 5.84.